The number of carbonyl (C=O) groups is 1. The number of carboxylic acid groups (broad SMARTS) is 1. The Morgan fingerprint density at radius 2 is 2.45 bits per heavy atom. The van der Waals surface area contributed by atoms with Crippen molar-refractivity contribution in [2.75, 3.05) is 0 Å². The van der Waals surface area contributed by atoms with Crippen molar-refractivity contribution in [1.82, 2.24) is 20.2 Å². The maximum atomic E-state index is 10.5. The molecular formula is C12H12N4O2S2. The van der Waals surface area contributed by atoms with Gasteiger partial charge in [-0.2, -0.15) is 0 Å². The Hall–Kier alpha value is -1.67. The fourth-order valence-electron chi connectivity index (χ4n) is 1.69. The van der Waals surface area contributed by atoms with E-state index in [1.165, 1.54) is 4.88 Å². The summed E-state index contributed by atoms with van der Waals surface area (Å²) in [5, 5.41) is 23.1. The maximum absolute atomic E-state index is 10.5. The van der Waals surface area contributed by atoms with Crippen LogP contribution in [0.1, 0.15) is 29.3 Å². The van der Waals surface area contributed by atoms with Crippen LogP contribution in [0.5, 0.6) is 0 Å². The van der Waals surface area contributed by atoms with E-state index >= 15 is 0 Å². The summed E-state index contributed by atoms with van der Waals surface area (Å²) in [6, 6.07) is 2.47. The van der Waals surface area contributed by atoms with Crippen molar-refractivity contribution in [1.29, 1.82) is 0 Å². The average molecular weight is 308 g/mol. The molecule has 0 amide bonds. The first-order chi connectivity index (χ1) is 9.72. The Morgan fingerprint density at radius 3 is 3.20 bits per heavy atom. The van der Waals surface area contributed by atoms with Crippen molar-refractivity contribution in [2.24, 2.45) is 0 Å². The minimum atomic E-state index is -0.935. The Morgan fingerprint density at radius 1 is 1.60 bits per heavy atom. The molecule has 0 atom stereocenters. The van der Waals surface area contributed by atoms with E-state index in [4.69, 9.17) is 5.11 Å². The molecular weight excluding hydrogens is 296 g/mol. The molecule has 1 fully saturated rings. The van der Waals surface area contributed by atoms with Gasteiger partial charge in [0, 0.05) is 16.7 Å². The molecule has 8 heteroatoms. The van der Waals surface area contributed by atoms with E-state index in [0.29, 0.717) is 6.04 Å². The summed E-state index contributed by atoms with van der Waals surface area (Å²) >= 11 is 3.22. The minimum Gasteiger partial charge on any atom is -0.478 e. The molecule has 0 aromatic carbocycles. The van der Waals surface area contributed by atoms with E-state index in [1.807, 2.05) is 16.1 Å². The number of thiophene rings is 1. The van der Waals surface area contributed by atoms with Crippen LogP contribution in [-0.4, -0.2) is 31.3 Å². The molecule has 3 rings (SSSR count). The lowest BCUT2D eigenvalue weighted by Crippen LogP contribution is -1.98. The van der Waals surface area contributed by atoms with Crippen LogP contribution in [0.3, 0.4) is 0 Å². The van der Waals surface area contributed by atoms with Crippen LogP contribution in [0.25, 0.3) is 6.08 Å². The highest BCUT2D eigenvalue weighted by atomic mass is 32.2. The fraction of sp³-hybridized carbons (Fsp3) is 0.333. The third kappa shape index (κ3) is 3.26. The molecule has 20 heavy (non-hydrogen) atoms. The second-order valence-corrected chi connectivity index (χ2v) is 6.38. The maximum Gasteiger partial charge on any atom is 0.328 e. The van der Waals surface area contributed by atoms with E-state index in [-0.39, 0.29) is 0 Å². The number of nitrogens with zero attached hydrogens (tertiary/aromatic N) is 4. The number of hydrogen-bond donors (Lipinski definition) is 1. The second-order valence-electron chi connectivity index (χ2n) is 4.44. The molecule has 1 aliphatic rings. The molecule has 2 aromatic rings. The molecule has 2 aromatic heterocycles. The third-order valence-electron chi connectivity index (χ3n) is 2.79. The minimum absolute atomic E-state index is 0.477. The summed E-state index contributed by atoms with van der Waals surface area (Å²) in [7, 11) is 0. The normalized spacial score (nSPS) is 15.0. The third-order valence-corrected chi connectivity index (χ3v) is 4.91. The summed E-state index contributed by atoms with van der Waals surface area (Å²) < 4.78 is 1.89. The van der Waals surface area contributed by atoms with Gasteiger partial charge in [-0.25, -0.2) is 9.48 Å². The quantitative estimate of drug-likeness (QED) is 0.652. The zero-order valence-corrected chi connectivity index (χ0v) is 12.1. The van der Waals surface area contributed by atoms with Crippen molar-refractivity contribution in [3.05, 3.63) is 28.0 Å². The first-order valence-electron chi connectivity index (χ1n) is 6.11. The summed E-state index contributed by atoms with van der Waals surface area (Å²) in [6.45, 7) is 0. The Balaban J connectivity index is 1.60. The van der Waals surface area contributed by atoms with Crippen molar-refractivity contribution < 1.29 is 9.90 Å². The number of tetrazole rings is 1. The van der Waals surface area contributed by atoms with Crippen molar-refractivity contribution in [2.45, 2.75) is 29.8 Å². The van der Waals surface area contributed by atoms with Gasteiger partial charge in [-0.1, -0.05) is 11.8 Å². The van der Waals surface area contributed by atoms with Crippen LogP contribution in [0.15, 0.2) is 22.7 Å². The van der Waals surface area contributed by atoms with Crippen LogP contribution in [0.2, 0.25) is 0 Å². The Kier molecular flexibility index (Phi) is 3.83. The van der Waals surface area contributed by atoms with Gasteiger partial charge in [-0.3, -0.25) is 0 Å². The Labute approximate surface area is 123 Å². The number of thioether (sulfide) groups is 1. The zero-order valence-electron chi connectivity index (χ0n) is 10.5. The lowest BCUT2D eigenvalue weighted by molar-refractivity contribution is -0.131. The average Bonchev–Trinajstić information content (AvgIpc) is 3.00. The first kappa shape index (κ1) is 13.3. The molecule has 0 bridgehead atoms. The molecule has 104 valence electrons. The van der Waals surface area contributed by atoms with Gasteiger partial charge in [0.1, 0.15) is 0 Å². The summed E-state index contributed by atoms with van der Waals surface area (Å²) in [6.07, 6.45) is 5.05. The highest BCUT2D eigenvalue weighted by Crippen LogP contribution is 2.37. The van der Waals surface area contributed by atoms with E-state index in [9.17, 15) is 4.79 Å². The predicted molar refractivity (Wildman–Crippen MR) is 76.6 cm³/mol. The number of aromatic nitrogens is 4. The van der Waals surface area contributed by atoms with Crippen molar-refractivity contribution >= 4 is 35.1 Å². The molecule has 0 unspecified atom stereocenters. The summed E-state index contributed by atoms with van der Waals surface area (Å²) in [5.41, 5.74) is 0.912. The number of carboxylic acids is 1. The predicted octanol–water partition coefficient (Wildman–Crippen LogP) is 2.46. The van der Waals surface area contributed by atoms with E-state index in [1.54, 1.807) is 29.2 Å². The number of rotatable bonds is 6. The largest absolute Gasteiger partial charge is 0.478 e. The summed E-state index contributed by atoms with van der Waals surface area (Å²) in [5.74, 6) is -0.144. The first-order valence-corrected chi connectivity index (χ1v) is 7.98. The highest BCUT2D eigenvalue weighted by molar-refractivity contribution is 7.98. The van der Waals surface area contributed by atoms with E-state index < -0.39 is 5.97 Å². The number of hydrogen-bond acceptors (Lipinski definition) is 6. The van der Waals surface area contributed by atoms with Gasteiger partial charge in [-0.05, 0) is 46.4 Å². The molecule has 1 saturated carbocycles. The molecule has 1 aliphatic carbocycles. The van der Waals surface area contributed by atoms with Crippen molar-refractivity contribution in [3.8, 4) is 0 Å². The molecule has 1 N–H and O–H groups in total. The van der Waals surface area contributed by atoms with Crippen LogP contribution >= 0.6 is 23.1 Å². The topological polar surface area (TPSA) is 80.9 Å². The van der Waals surface area contributed by atoms with Crippen LogP contribution < -0.4 is 0 Å². The van der Waals surface area contributed by atoms with E-state index in [2.05, 4.69) is 15.5 Å². The highest BCUT2D eigenvalue weighted by Gasteiger charge is 2.27. The second kappa shape index (κ2) is 5.76. The zero-order chi connectivity index (χ0) is 13.9. The van der Waals surface area contributed by atoms with Gasteiger partial charge in [-0.15, -0.1) is 16.4 Å². The molecule has 0 saturated heterocycles. The van der Waals surface area contributed by atoms with Crippen LogP contribution in [0.4, 0.5) is 0 Å². The molecule has 0 aliphatic heterocycles. The monoisotopic (exact) mass is 308 g/mol. The molecule has 0 spiro atoms. The summed E-state index contributed by atoms with van der Waals surface area (Å²) in [4.78, 5) is 11.6. The lowest BCUT2D eigenvalue weighted by atomic mass is 10.3. The number of aliphatic carboxylic acids is 1. The lowest BCUT2D eigenvalue weighted by Gasteiger charge is -2.00. The Bertz CT molecular complexity index is 645. The molecule has 0 radical (unpaired) electrons. The van der Waals surface area contributed by atoms with Gasteiger partial charge in [0.25, 0.3) is 0 Å². The van der Waals surface area contributed by atoms with Gasteiger partial charge in [0.05, 0.1) is 6.04 Å². The van der Waals surface area contributed by atoms with Gasteiger partial charge in [0.15, 0.2) is 0 Å². The standard InChI is InChI=1S/C12H12N4O2S2/c17-11(18)4-1-8-5-10(19-6-8)7-20-12-13-14-15-16(12)9-2-3-9/h1,4-6,9H,2-3,7H2,(H,17,18). The smallest absolute Gasteiger partial charge is 0.328 e. The van der Waals surface area contributed by atoms with Gasteiger partial charge < -0.3 is 5.11 Å². The van der Waals surface area contributed by atoms with Crippen LogP contribution in [-0.2, 0) is 10.5 Å². The van der Waals surface area contributed by atoms with E-state index in [0.717, 1.165) is 35.4 Å². The molecule has 6 nitrogen and oxygen atoms in total. The fourth-order valence-corrected chi connectivity index (χ4v) is 3.55. The molecule has 2 heterocycles. The van der Waals surface area contributed by atoms with Crippen LogP contribution in [0, 0.1) is 0 Å². The van der Waals surface area contributed by atoms with Crippen molar-refractivity contribution in [3.63, 3.8) is 0 Å². The van der Waals surface area contributed by atoms with Gasteiger partial charge in [0.2, 0.25) is 5.16 Å². The van der Waals surface area contributed by atoms with Gasteiger partial charge >= 0.3 is 5.97 Å². The SMILES string of the molecule is O=C(O)C=Cc1csc(CSc2nnnn2C2CC2)c1.